The zero-order valence-corrected chi connectivity index (χ0v) is 16.2. The molecule has 4 heterocycles. The largest absolute Gasteiger partial charge is 0.351 e. The number of anilines is 1. The third-order valence-corrected chi connectivity index (χ3v) is 5.40. The molecule has 1 fully saturated rings. The number of hydrogen-bond donors (Lipinski definition) is 0. The fraction of sp³-hybridized carbons (Fsp3) is 0.286. The highest BCUT2D eigenvalue weighted by molar-refractivity contribution is 5.70. The summed E-state index contributed by atoms with van der Waals surface area (Å²) >= 11 is 0. The lowest BCUT2D eigenvalue weighted by molar-refractivity contribution is 0.249. The topological polar surface area (TPSA) is 54.5 Å². The van der Waals surface area contributed by atoms with E-state index in [1.54, 1.807) is 4.68 Å². The molecule has 0 spiro atoms. The van der Waals surface area contributed by atoms with Crippen molar-refractivity contribution in [2.45, 2.75) is 6.54 Å². The number of hydrogen-bond acceptors (Lipinski definition) is 5. The Labute approximate surface area is 168 Å². The first-order valence-corrected chi connectivity index (χ1v) is 9.70. The summed E-state index contributed by atoms with van der Waals surface area (Å²) in [4.78, 5) is 13.9. The van der Waals surface area contributed by atoms with Gasteiger partial charge in [-0.25, -0.2) is 14.4 Å². The van der Waals surface area contributed by atoms with Gasteiger partial charge in [-0.2, -0.15) is 5.10 Å². The minimum Gasteiger partial charge on any atom is -0.351 e. The Hall–Kier alpha value is -3.26. The maximum Gasteiger partial charge on any atom is 0.180 e. The molecule has 29 heavy (non-hydrogen) atoms. The van der Waals surface area contributed by atoms with Crippen molar-refractivity contribution in [3.63, 3.8) is 0 Å². The molecule has 5 rings (SSSR count). The van der Waals surface area contributed by atoms with E-state index in [4.69, 9.17) is 0 Å². The second-order valence-electron chi connectivity index (χ2n) is 7.38. The quantitative estimate of drug-likeness (QED) is 0.535. The number of rotatable bonds is 4. The van der Waals surface area contributed by atoms with Crippen LogP contribution in [0.5, 0.6) is 0 Å². The van der Waals surface area contributed by atoms with Crippen LogP contribution in [0.25, 0.3) is 16.9 Å². The lowest BCUT2D eigenvalue weighted by Gasteiger charge is -2.35. The Kier molecular flexibility index (Phi) is 4.48. The number of imidazole rings is 1. The van der Waals surface area contributed by atoms with Gasteiger partial charge in [0.1, 0.15) is 5.82 Å². The SMILES string of the molecule is Cn1cc(-c2cnc3c(N4CCN(Cc5ccc(F)cc5)CC4)nccn23)cn1. The third kappa shape index (κ3) is 3.47. The fourth-order valence-electron chi connectivity index (χ4n) is 3.86. The molecule has 1 aromatic carbocycles. The summed E-state index contributed by atoms with van der Waals surface area (Å²) in [6, 6.07) is 6.76. The maximum absolute atomic E-state index is 13.1. The first-order chi connectivity index (χ1) is 14.2. The Morgan fingerprint density at radius 2 is 1.79 bits per heavy atom. The van der Waals surface area contributed by atoms with E-state index in [9.17, 15) is 4.39 Å². The molecule has 0 atom stereocenters. The van der Waals surface area contributed by atoms with Crippen molar-refractivity contribution in [1.29, 1.82) is 0 Å². The molecule has 148 valence electrons. The predicted octanol–water partition coefficient (Wildman–Crippen LogP) is 2.59. The van der Waals surface area contributed by atoms with E-state index in [-0.39, 0.29) is 5.82 Å². The van der Waals surface area contributed by atoms with Gasteiger partial charge in [0.2, 0.25) is 0 Å². The molecule has 0 bridgehead atoms. The fourth-order valence-corrected chi connectivity index (χ4v) is 3.86. The van der Waals surface area contributed by atoms with Crippen LogP contribution >= 0.6 is 0 Å². The summed E-state index contributed by atoms with van der Waals surface area (Å²) in [5.74, 6) is 0.715. The summed E-state index contributed by atoms with van der Waals surface area (Å²) in [5.41, 5.74) is 4.03. The number of aromatic nitrogens is 5. The van der Waals surface area contributed by atoms with Crippen molar-refractivity contribution in [3.8, 4) is 11.3 Å². The summed E-state index contributed by atoms with van der Waals surface area (Å²) in [7, 11) is 1.91. The summed E-state index contributed by atoms with van der Waals surface area (Å²) in [5, 5.41) is 4.26. The van der Waals surface area contributed by atoms with Gasteiger partial charge in [0, 0.05) is 63.9 Å². The first-order valence-electron chi connectivity index (χ1n) is 9.70. The molecule has 1 saturated heterocycles. The predicted molar refractivity (Wildman–Crippen MR) is 109 cm³/mol. The van der Waals surface area contributed by atoms with Gasteiger partial charge in [0.25, 0.3) is 0 Å². The van der Waals surface area contributed by atoms with Crippen molar-refractivity contribution in [1.82, 2.24) is 29.0 Å². The Bertz CT molecular complexity index is 1120. The highest BCUT2D eigenvalue weighted by Gasteiger charge is 2.21. The standard InChI is InChI=1S/C21H22FN7/c1-26-15-17(12-25-26)19-13-24-21-20(23-6-7-29(19)21)28-10-8-27(9-11-28)14-16-2-4-18(22)5-3-16/h2-7,12-13,15H,8-11,14H2,1H3. The molecule has 1 aliphatic heterocycles. The minimum atomic E-state index is -0.192. The third-order valence-electron chi connectivity index (χ3n) is 5.40. The van der Waals surface area contributed by atoms with Crippen LogP contribution in [0.4, 0.5) is 10.2 Å². The van der Waals surface area contributed by atoms with Gasteiger partial charge in [-0.1, -0.05) is 12.1 Å². The summed E-state index contributed by atoms with van der Waals surface area (Å²) in [6.07, 6.45) is 9.48. The van der Waals surface area contributed by atoms with Crippen molar-refractivity contribution >= 4 is 11.5 Å². The van der Waals surface area contributed by atoms with Crippen molar-refractivity contribution in [2.24, 2.45) is 7.05 Å². The number of piperazine rings is 1. The second-order valence-corrected chi connectivity index (χ2v) is 7.38. The lowest BCUT2D eigenvalue weighted by Crippen LogP contribution is -2.46. The van der Waals surface area contributed by atoms with Crippen molar-refractivity contribution in [2.75, 3.05) is 31.1 Å². The second kappa shape index (κ2) is 7.29. The van der Waals surface area contributed by atoms with E-state index in [0.717, 1.165) is 61.0 Å². The van der Waals surface area contributed by atoms with Crippen LogP contribution in [0, 0.1) is 5.82 Å². The summed E-state index contributed by atoms with van der Waals surface area (Å²) in [6.45, 7) is 4.44. The average Bonchev–Trinajstić information content (AvgIpc) is 3.36. The zero-order valence-electron chi connectivity index (χ0n) is 16.2. The molecular formula is C21H22FN7. The average molecular weight is 391 g/mol. The molecule has 7 nitrogen and oxygen atoms in total. The number of benzene rings is 1. The van der Waals surface area contributed by atoms with E-state index in [1.807, 2.05) is 50.2 Å². The molecule has 0 N–H and O–H groups in total. The molecule has 8 heteroatoms. The van der Waals surface area contributed by atoms with Crippen LogP contribution in [-0.4, -0.2) is 55.2 Å². The van der Waals surface area contributed by atoms with Gasteiger partial charge < -0.3 is 4.90 Å². The molecule has 4 aromatic rings. The van der Waals surface area contributed by atoms with Crippen LogP contribution in [-0.2, 0) is 13.6 Å². The van der Waals surface area contributed by atoms with Crippen LogP contribution in [0.3, 0.4) is 0 Å². The van der Waals surface area contributed by atoms with Gasteiger partial charge in [-0.3, -0.25) is 14.0 Å². The van der Waals surface area contributed by atoms with Gasteiger partial charge >= 0.3 is 0 Å². The van der Waals surface area contributed by atoms with E-state index < -0.39 is 0 Å². The smallest absolute Gasteiger partial charge is 0.180 e. The molecule has 3 aromatic heterocycles. The van der Waals surface area contributed by atoms with E-state index in [0.29, 0.717) is 0 Å². The Balaban J connectivity index is 1.33. The Morgan fingerprint density at radius 1 is 1.00 bits per heavy atom. The number of nitrogens with zero attached hydrogens (tertiary/aromatic N) is 7. The molecule has 0 amide bonds. The molecule has 0 unspecified atom stereocenters. The Morgan fingerprint density at radius 3 is 2.52 bits per heavy atom. The van der Waals surface area contributed by atoms with Crippen molar-refractivity contribution in [3.05, 3.63) is 66.6 Å². The van der Waals surface area contributed by atoms with E-state index in [1.165, 1.54) is 12.1 Å². The normalized spacial score (nSPS) is 15.3. The number of halogens is 1. The highest BCUT2D eigenvalue weighted by Crippen LogP contribution is 2.25. The van der Waals surface area contributed by atoms with Crippen LogP contribution in [0.15, 0.2) is 55.2 Å². The van der Waals surface area contributed by atoms with E-state index >= 15 is 0 Å². The van der Waals surface area contributed by atoms with Crippen LogP contribution in [0.2, 0.25) is 0 Å². The zero-order chi connectivity index (χ0) is 19.8. The number of fused-ring (bicyclic) bond motifs is 1. The van der Waals surface area contributed by atoms with Gasteiger partial charge in [-0.15, -0.1) is 0 Å². The molecule has 0 saturated carbocycles. The van der Waals surface area contributed by atoms with Gasteiger partial charge in [0.05, 0.1) is 18.1 Å². The van der Waals surface area contributed by atoms with Gasteiger partial charge in [-0.05, 0) is 17.7 Å². The lowest BCUT2D eigenvalue weighted by atomic mass is 10.2. The number of aryl methyl sites for hydroxylation is 1. The molecule has 0 radical (unpaired) electrons. The summed E-state index contributed by atoms with van der Waals surface area (Å²) < 4.78 is 17.0. The highest BCUT2D eigenvalue weighted by atomic mass is 19.1. The molecule has 0 aliphatic carbocycles. The van der Waals surface area contributed by atoms with E-state index in [2.05, 4.69) is 29.3 Å². The maximum atomic E-state index is 13.1. The van der Waals surface area contributed by atoms with Crippen LogP contribution < -0.4 is 4.90 Å². The minimum absolute atomic E-state index is 0.192. The molecule has 1 aliphatic rings. The van der Waals surface area contributed by atoms with Crippen LogP contribution in [0.1, 0.15) is 5.56 Å². The first kappa shape index (κ1) is 17.8. The van der Waals surface area contributed by atoms with Gasteiger partial charge in [0.15, 0.2) is 11.5 Å². The van der Waals surface area contributed by atoms with Crippen molar-refractivity contribution < 1.29 is 4.39 Å². The monoisotopic (exact) mass is 391 g/mol. The molecular weight excluding hydrogens is 369 g/mol.